The second kappa shape index (κ2) is 3.64. The number of hydrogen-bond donors (Lipinski definition) is 2. The second-order valence-corrected chi connectivity index (χ2v) is 5.82. The van der Waals surface area contributed by atoms with Gasteiger partial charge in [0.2, 0.25) is 10.0 Å². The minimum Gasteiger partial charge on any atom is -0.508 e. The molecule has 1 atom stereocenters. The monoisotopic (exact) mass is 243 g/mol. The Bertz CT molecular complexity index is 512. The predicted octanol–water partition coefficient (Wildman–Crippen LogP) is 0.248. The standard InChI is InChI=1S/C10H13NO4S/c1-16(14,15)11-5-7(6-12)9-3-2-8(13)4-10(9)11/h2-4,7,12-13H,5-6H2,1H3. The van der Waals surface area contributed by atoms with Gasteiger partial charge in [-0.2, -0.15) is 0 Å². The summed E-state index contributed by atoms with van der Waals surface area (Å²) in [6, 6.07) is 4.55. The number of anilines is 1. The summed E-state index contributed by atoms with van der Waals surface area (Å²) in [5.74, 6) is -0.198. The Hall–Kier alpha value is -1.27. The summed E-state index contributed by atoms with van der Waals surface area (Å²) in [6.07, 6.45) is 1.11. The lowest BCUT2D eigenvalue weighted by atomic mass is 10.0. The fourth-order valence-corrected chi connectivity index (χ4v) is 2.93. The van der Waals surface area contributed by atoms with E-state index in [4.69, 9.17) is 0 Å². The van der Waals surface area contributed by atoms with Crippen LogP contribution in [0.2, 0.25) is 0 Å². The fraction of sp³-hybridized carbons (Fsp3) is 0.400. The molecule has 0 saturated carbocycles. The molecule has 1 unspecified atom stereocenters. The van der Waals surface area contributed by atoms with Crippen LogP contribution in [0.15, 0.2) is 18.2 Å². The Balaban J connectivity index is 2.56. The van der Waals surface area contributed by atoms with Crippen LogP contribution >= 0.6 is 0 Å². The summed E-state index contributed by atoms with van der Waals surface area (Å²) in [7, 11) is -3.36. The van der Waals surface area contributed by atoms with E-state index in [1.54, 1.807) is 6.07 Å². The van der Waals surface area contributed by atoms with Gasteiger partial charge in [-0.1, -0.05) is 6.07 Å². The normalized spacial score (nSPS) is 19.9. The number of phenols is 1. The van der Waals surface area contributed by atoms with Crippen molar-refractivity contribution in [2.24, 2.45) is 0 Å². The number of phenolic OH excluding ortho intramolecular Hbond substituents is 1. The number of aliphatic hydroxyl groups is 1. The number of nitrogens with zero attached hydrogens (tertiary/aromatic N) is 1. The molecular formula is C10H13NO4S. The number of sulfonamides is 1. The third kappa shape index (κ3) is 1.74. The number of hydrogen-bond acceptors (Lipinski definition) is 4. The van der Waals surface area contributed by atoms with Gasteiger partial charge in [-0.05, 0) is 11.6 Å². The van der Waals surface area contributed by atoms with Crippen molar-refractivity contribution in [2.45, 2.75) is 5.92 Å². The van der Waals surface area contributed by atoms with E-state index < -0.39 is 10.0 Å². The molecule has 0 fully saturated rings. The number of aliphatic hydroxyl groups excluding tert-OH is 1. The number of fused-ring (bicyclic) bond motifs is 1. The maximum absolute atomic E-state index is 11.5. The molecule has 1 aliphatic heterocycles. The average molecular weight is 243 g/mol. The zero-order valence-corrected chi connectivity index (χ0v) is 9.61. The van der Waals surface area contributed by atoms with Gasteiger partial charge in [-0.3, -0.25) is 4.31 Å². The third-order valence-electron chi connectivity index (χ3n) is 2.73. The minimum atomic E-state index is -3.36. The molecule has 1 aliphatic rings. The summed E-state index contributed by atoms with van der Waals surface area (Å²) in [5.41, 5.74) is 1.22. The van der Waals surface area contributed by atoms with E-state index in [9.17, 15) is 18.6 Å². The van der Waals surface area contributed by atoms with Gasteiger partial charge in [0.05, 0.1) is 18.6 Å². The van der Waals surface area contributed by atoms with Crippen LogP contribution in [0.3, 0.4) is 0 Å². The van der Waals surface area contributed by atoms with E-state index in [2.05, 4.69) is 0 Å². The average Bonchev–Trinajstić information content (AvgIpc) is 2.54. The van der Waals surface area contributed by atoms with Gasteiger partial charge < -0.3 is 10.2 Å². The molecule has 16 heavy (non-hydrogen) atoms. The van der Waals surface area contributed by atoms with E-state index in [1.807, 2.05) is 0 Å². The molecule has 0 amide bonds. The second-order valence-electron chi connectivity index (χ2n) is 3.92. The lowest BCUT2D eigenvalue weighted by molar-refractivity contribution is 0.272. The molecular weight excluding hydrogens is 230 g/mol. The molecule has 2 N–H and O–H groups in total. The van der Waals surface area contributed by atoms with Crippen molar-refractivity contribution < 1.29 is 18.6 Å². The van der Waals surface area contributed by atoms with Crippen molar-refractivity contribution >= 4 is 15.7 Å². The van der Waals surface area contributed by atoms with Crippen molar-refractivity contribution in [2.75, 3.05) is 23.7 Å². The highest BCUT2D eigenvalue weighted by atomic mass is 32.2. The van der Waals surface area contributed by atoms with Crippen LogP contribution in [0.25, 0.3) is 0 Å². The number of aromatic hydroxyl groups is 1. The topological polar surface area (TPSA) is 77.8 Å². The first-order chi connectivity index (χ1) is 7.43. The fourth-order valence-electron chi connectivity index (χ4n) is 1.96. The highest BCUT2D eigenvalue weighted by molar-refractivity contribution is 7.92. The van der Waals surface area contributed by atoms with Gasteiger partial charge in [0.1, 0.15) is 5.75 Å². The van der Waals surface area contributed by atoms with Crippen molar-refractivity contribution in [3.63, 3.8) is 0 Å². The van der Waals surface area contributed by atoms with Crippen LogP contribution in [0, 0.1) is 0 Å². The first kappa shape index (κ1) is 11.2. The Kier molecular flexibility index (Phi) is 2.55. The molecule has 2 rings (SSSR count). The number of rotatable bonds is 2. The Labute approximate surface area is 94.0 Å². The highest BCUT2D eigenvalue weighted by Crippen LogP contribution is 2.39. The van der Waals surface area contributed by atoms with Crippen LogP contribution in [0.4, 0.5) is 5.69 Å². The van der Waals surface area contributed by atoms with Crippen molar-refractivity contribution in [1.82, 2.24) is 0 Å². The Morgan fingerprint density at radius 1 is 1.50 bits per heavy atom. The maximum atomic E-state index is 11.5. The van der Waals surface area contributed by atoms with Gasteiger partial charge in [-0.25, -0.2) is 8.42 Å². The quantitative estimate of drug-likeness (QED) is 0.780. The van der Waals surface area contributed by atoms with Gasteiger partial charge >= 0.3 is 0 Å². The molecule has 1 heterocycles. The Morgan fingerprint density at radius 3 is 2.75 bits per heavy atom. The van der Waals surface area contributed by atoms with Gasteiger partial charge in [-0.15, -0.1) is 0 Å². The lowest BCUT2D eigenvalue weighted by Gasteiger charge is -2.16. The van der Waals surface area contributed by atoms with Gasteiger partial charge in [0, 0.05) is 18.5 Å². The van der Waals surface area contributed by atoms with Crippen LogP contribution in [0.5, 0.6) is 5.75 Å². The van der Waals surface area contributed by atoms with E-state index >= 15 is 0 Å². The largest absolute Gasteiger partial charge is 0.508 e. The zero-order valence-electron chi connectivity index (χ0n) is 8.79. The molecule has 1 aromatic carbocycles. The van der Waals surface area contributed by atoms with E-state index in [0.29, 0.717) is 5.69 Å². The molecule has 0 radical (unpaired) electrons. The van der Waals surface area contributed by atoms with Crippen LogP contribution < -0.4 is 4.31 Å². The first-order valence-electron chi connectivity index (χ1n) is 4.85. The molecule has 1 aromatic rings. The van der Waals surface area contributed by atoms with E-state index in [1.165, 1.54) is 16.4 Å². The number of benzene rings is 1. The molecule has 0 aliphatic carbocycles. The summed E-state index contributed by atoms with van der Waals surface area (Å²) in [5, 5.41) is 18.5. The van der Waals surface area contributed by atoms with Crippen LogP contribution in [-0.4, -0.2) is 38.0 Å². The van der Waals surface area contributed by atoms with E-state index in [-0.39, 0.29) is 24.8 Å². The van der Waals surface area contributed by atoms with E-state index in [0.717, 1.165) is 11.8 Å². The third-order valence-corrected chi connectivity index (χ3v) is 3.88. The molecule has 6 heteroatoms. The smallest absolute Gasteiger partial charge is 0.232 e. The molecule has 0 saturated heterocycles. The summed E-state index contributed by atoms with van der Waals surface area (Å²) >= 11 is 0. The molecule has 88 valence electrons. The Morgan fingerprint density at radius 2 is 2.19 bits per heavy atom. The zero-order chi connectivity index (χ0) is 11.9. The minimum absolute atomic E-state index is 0.0194. The van der Waals surface area contributed by atoms with Crippen molar-refractivity contribution in [1.29, 1.82) is 0 Å². The SMILES string of the molecule is CS(=O)(=O)N1CC(CO)c2ccc(O)cc21. The van der Waals surface area contributed by atoms with Gasteiger partial charge in [0.25, 0.3) is 0 Å². The van der Waals surface area contributed by atoms with Crippen LogP contribution in [0.1, 0.15) is 11.5 Å². The first-order valence-corrected chi connectivity index (χ1v) is 6.70. The molecule has 0 spiro atoms. The summed E-state index contributed by atoms with van der Waals surface area (Å²) in [4.78, 5) is 0. The van der Waals surface area contributed by atoms with Crippen molar-refractivity contribution in [3.05, 3.63) is 23.8 Å². The molecule has 0 aromatic heterocycles. The van der Waals surface area contributed by atoms with Crippen LogP contribution in [-0.2, 0) is 10.0 Å². The summed E-state index contributed by atoms with van der Waals surface area (Å²) < 4.78 is 24.3. The maximum Gasteiger partial charge on any atom is 0.232 e. The van der Waals surface area contributed by atoms with Crippen molar-refractivity contribution in [3.8, 4) is 5.75 Å². The lowest BCUT2D eigenvalue weighted by Crippen LogP contribution is -2.29. The molecule has 0 bridgehead atoms. The predicted molar refractivity (Wildman–Crippen MR) is 60.1 cm³/mol. The molecule has 5 nitrogen and oxygen atoms in total. The highest BCUT2D eigenvalue weighted by Gasteiger charge is 2.33. The van der Waals surface area contributed by atoms with Gasteiger partial charge in [0.15, 0.2) is 0 Å². The summed E-state index contributed by atoms with van der Waals surface area (Å²) in [6.45, 7) is 0.123.